The molecule has 23 heavy (non-hydrogen) atoms. The highest BCUT2D eigenvalue weighted by Crippen LogP contribution is 2.23. The van der Waals surface area contributed by atoms with Gasteiger partial charge in [0.2, 0.25) is 0 Å². The van der Waals surface area contributed by atoms with Crippen molar-refractivity contribution >= 4 is 22.7 Å². The van der Waals surface area contributed by atoms with E-state index in [0.717, 1.165) is 22.7 Å². The van der Waals surface area contributed by atoms with Crippen LogP contribution in [0.3, 0.4) is 0 Å². The molecule has 0 aliphatic heterocycles. The smallest absolute Gasteiger partial charge is 0.0389 e. The number of hydrogen-bond donors (Lipinski definition) is 2. The molecule has 3 aromatic carbocycles. The molecule has 2 heteroatoms. The molecule has 0 aromatic heterocycles. The summed E-state index contributed by atoms with van der Waals surface area (Å²) in [6.07, 6.45) is 0. The van der Waals surface area contributed by atoms with Gasteiger partial charge in [0.1, 0.15) is 0 Å². The molecule has 2 nitrogen and oxygen atoms in total. The van der Waals surface area contributed by atoms with E-state index in [4.69, 9.17) is 0 Å². The van der Waals surface area contributed by atoms with E-state index in [9.17, 15) is 0 Å². The Morgan fingerprint density at radius 3 is 1.30 bits per heavy atom. The Morgan fingerprint density at radius 1 is 0.435 bits per heavy atom. The van der Waals surface area contributed by atoms with Gasteiger partial charge in [-0.15, -0.1) is 0 Å². The van der Waals surface area contributed by atoms with E-state index in [2.05, 4.69) is 98.1 Å². The van der Waals surface area contributed by atoms with Crippen molar-refractivity contribution in [2.45, 2.75) is 20.8 Å². The summed E-state index contributed by atoms with van der Waals surface area (Å²) < 4.78 is 0. The molecule has 3 rings (SSSR count). The molecule has 0 amide bonds. The van der Waals surface area contributed by atoms with Crippen molar-refractivity contribution in [3.05, 3.63) is 83.4 Å². The second-order valence-corrected chi connectivity index (χ2v) is 6.07. The van der Waals surface area contributed by atoms with Gasteiger partial charge < -0.3 is 10.6 Å². The van der Waals surface area contributed by atoms with Crippen molar-refractivity contribution in [3.63, 3.8) is 0 Å². The second-order valence-electron chi connectivity index (χ2n) is 6.07. The van der Waals surface area contributed by atoms with Gasteiger partial charge in [-0.1, -0.05) is 23.8 Å². The third-order valence-electron chi connectivity index (χ3n) is 3.74. The summed E-state index contributed by atoms with van der Waals surface area (Å²) in [5, 5.41) is 6.87. The van der Waals surface area contributed by atoms with Gasteiger partial charge >= 0.3 is 0 Å². The Hall–Kier alpha value is -2.74. The van der Waals surface area contributed by atoms with Gasteiger partial charge in [-0.2, -0.15) is 0 Å². The second kappa shape index (κ2) is 6.57. The van der Waals surface area contributed by atoms with Crippen molar-refractivity contribution < 1.29 is 0 Å². The van der Waals surface area contributed by atoms with Crippen molar-refractivity contribution in [2.24, 2.45) is 0 Å². The van der Waals surface area contributed by atoms with E-state index < -0.39 is 0 Å². The molecule has 0 saturated carbocycles. The first-order valence-corrected chi connectivity index (χ1v) is 7.87. The minimum Gasteiger partial charge on any atom is -0.356 e. The molecule has 0 unspecified atom stereocenters. The predicted molar refractivity (Wildman–Crippen MR) is 100 cm³/mol. The molecule has 0 heterocycles. The molecule has 0 atom stereocenters. The first kappa shape index (κ1) is 15.2. The molecule has 0 bridgehead atoms. The summed E-state index contributed by atoms with van der Waals surface area (Å²) in [7, 11) is 0. The molecule has 0 spiro atoms. The summed E-state index contributed by atoms with van der Waals surface area (Å²) in [6, 6.07) is 23.3. The highest BCUT2D eigenvalue weighted by Gasteiger charge is 1.99. The maximum absolute atomic E-state index is 3.46. The Labute approximate surface area is 138 Å². The summed E-state index contributed by atoms with van der Waals surface area (Å²) >= 11 is 0. The van der Waals surface area contributed by atoms with Crippen LogP contribution in [-0.2, 0) is 0 Å². The third kappa shape index (κ3) is 4.13. The van der Waals surface area contributed by atoms with E-state index in [1.54, 1.807) is 0 Å². The number of rotatable bonds is 4. The fourth-order valence-corrected chi connectivity index (χ4v) is 2.65. The van der Waals surface area contributed by atoms with Crippen molar-refractivity contribution in [3.8, 4) is 0 Å². The zero-order valence-corrected chi connectivity index (χ0v) is 13.9. The van der Waals surface area contributed by atoms with Gasteiger partial charge in [-0.25, -0.2) is 0 Å². The first-order valence-electron chi connectivity index (χ1n) is 7.87. The van der Waals surface area contributed by atoms with Crippen LogP contribution < -0.4 is 10.6 Å². The summed E-state index contributed by atoms with van der Waals surface area (Å²) in [5.41, 5.74) is 8.20. The Kier molecular flexibility index (Phi) is 4.33. The standard InChI is InChI=1S/C21H22N2/c1-15-4-6-18(7-5-15)22-19-8-10-20(11-9-19)23-21-13-16(2)12-17(3)14-21/h4-14,22-23H,1-3H3. The molecule has 2 N–H and O–H groups in total. The van der Waals surface area contributed by atoms with Crippen LogP contribution in [0.2, 0.25) is 0 Å². The van der Waals surface area contributed by atoms with Gasteiger partial charge in [0.25, 0.3) is 0 Å². The van der Waals surface area contributed by atoms with E-state index >= 15 is 0 Å². The van der Waals surface area contributed by atoms with Crippen LogP contribution in [0, 0.1) is 20.8 Å². The topological polar surface area (TPSA) is 24.1 Å². The molecule has 0 radical (unpaired) electrons. The summed E-state index contributed by atoms with van der Waals surface area (Å²) in [4.78, 5) is 0. The molecular weight excluding hydrogens is 280 g/mol. The molecular formula is C21H22N2. The minimum atomic E-state index is 1.08. The number of benzene rings is 3. The highest BCUT2D eigenvalue weighted by atomic mass is 14.9. The van der Waals surface area contributed by atoms with Crippen LogP contribution in [0.1, 0.15) is 16.7 Å². The quantitative estimate of drug-likeness (QED) is 0.608. The Bertz CT molecular complexity index is 767. The summed E-state index contributed by atoms with van der Waals surface area (Å²) in [5.74, 6) is 0. The molecule has 0 saturated heterocycles. The van der Waals surface area contributed by atoms with Gasteiger partial charge in [-0.05, 0) is 80.4 Å². The molecule has 116 valence electrons. The largest absolute Gasteiger partial charge is 0.356 e. The van der Waals surface area contributed by atoms with Crippen molar-refractivity contribution in [1.29, 1.82) is 0 Å². The van der Waals surface area contributed by atoms with E-state index in [-0.39, 0.29) is 0 Å². The predicted octanol–water partition coefficient (Wildman–Crippen LogP) is 6.10. The number of anilines is 4. The molecule has 0 aliphatic rings. The maximum atomic E-state index is 3.46. The summed E-state index contributed by atoms with van der Waals surface area (Å²) in [6.45, 7) is 6.33. The van der Waals surface area contributed by atoms with Gasteiger partial charge in [0.15, 0.2) is 0 Å². The van der Waals surface area contributed by atoms with E-state index in [1.165, 1.54) is 16.7 Å². The lowest BCUT2D eigenvalue weighted by atomic mass is 10.1. The van der Waals surface area contributed by atoms with Crippen LogP contribution in [0.25, 0.3) is 0 Å². The van der Waals surface area contributed by atoms with E-state index in [1.807, 2.05) is 0 Å². The van der Waals surface area contributed by atoms with Crippen LogP contribution in [0.5, 0.6) is 0 Å². The normalized spacial score (nSPS) is 10.4. The molecule has 0 fully saturated rings. The number of aryl methyl sites for hydroxylation is 3. The lowest BCUT2D eigenvalue weighted by molar-refractivity contribution is 1.37. The van der Waals surface area contributed by atoms with Crippen LogP contribution in [0.15, 0.2) is 66.7 Å². The van der Waals surface area contributed by atoms with Crippen molar-refractivity contribution in [2.75, 3.05) is 10.6 Å². The molecule has 3 aromatic rings. The zero-order valence-electron chi connectivity index (χ0n) is 13.9. The Morgan fingerprint density at radius 2 is 0.826 bits per heavy atom. The van der Waals surface area contributed by atoms with Gasteiger partial charge in [0, 0.05) is 22.7 Å². The van der Waals surface area contributed by atoms with Crippen LogP contribution in [-0.4, -0.2) is 0 Å². The average molecular weight is 302 g/mol. The fourth-order valence-electron chi connectivity index (χ4n) is 2.65. The average Bonchev–Trinajstić information content (AvgIpc) is 2.50. The van der Waals surface area contributed by atoms with Crippen LogP contribution in [0.4, 0.5) is 22.7 Å². The first-order chi connectivity index (χ1) is 11.1. The fraction of sp³-hybridized carbons (Fsp3) is 0.143. The zero-order chi connectivity index (χ0) is 16.2. The van der Waals surface area contributed by atoms with Gasteiger partial charge in [0.05, 0.1) is 0 Å². The Balaban J connectivity index is 1.70. The highest BCUT2D eigenvalue weighted by molar-refractivity contribution is 5.66. The molecule has 0 aliphatic carbocycles. The van der Waals surface area contributed by atoms with Crippen LogP contribution >= 0.6 is 0 Å². The SMILES string of the molecule is Cc1ccc(Nc2ccc(Nc3cc(C)cc(C)c3)cc2)cc1. The van der Waals surface area contributed by atoms with Gasteiger partial charge in [-0.3, -0.25) is 0 Å². The maximum Gasteiger partial charge on any atom is 0.0389 e. The van der Waals surface area contributed by atoms with Crippen molar-refractivity contribution in [1.82, 2.24) is 0 Å². The monoisotopic (exact) mass is 302 g/mol. The number of nitrogens with one attached hydrogen (secondary N) is 2. The number of hydrogen-bond acceptors (Lipinski definition) is 2. The third-order valence-corrected chi connectivity index (χ3v) is 3.74. The lowest BCUT2D eigenvalue weighted by Crippen LogP contribution is -1.93. The minimum absolute atomic E-state index is 1.08. The van der Waals surface area contributed by atoms with E-state index in [0.29, 0.717) is 0 Å². The lowest BCUT2D eigenvalue weighted by Gasteiger charge is -2.11.